The highest BCUT2D eigenvalue weighted by molar-refractivity contribution is 5.94. The van der Waals surface area contributed by atoms with Crippen molar-refractivity contribution in [1.29, 1.82) is 0 Å². The summed E-state index contributed by atoms with van der Waals surface area (Å²) in [4.78, 5) is 15.2. The van der Waals surface area contributed by atoms with Gasteiger partial charge >= 0.3 is 5.97 Å². The van der Waals surface area contributed by atoms with Crippen molar-refractivity contribution < 1.29 is 14.6 Å². The molecule has 0 radical (unpaired) electrons. The number of esters is 1. The lowest BCUT2D eigenvalue weighted by Crippen LogP contribution is -2.02. The normalized spacial score (nSPS) is 14.2. The van der Waals surface area contributed by atoms with Crippen LogP contribution in [0.2, 0.25) is 0 Å². The third-order valence-corrected chi connectivity index (χ3v) is 2.19. The topological polar surface area (TPSA) is 59.4 Å². The van der Waals surface area contributed by atoms with E-state index in [4.69, 9.17) is 9.84 Å². The SMILES string of the molecule is Cc1ncc(CO)c2c1C(=O)OC2. The van der Waals surface area contributed by atoms with Crippen molar-refractivity contribution in [2.75, 3.05) is 0 Å². The monoisotopic (exact) mass is 179 g/mol. The minimum absolute atomic E-state index is 0.105. The van der Waals surface area contributed by atoms with Gasteiger partial charge in [-0.05, 0) is 6.92 Å². The number of carbonyl (C=O) groups is 1. The first-order chi connectivity index (χ1) is 6.24. The standard InChI is InChI=1S/C9H9NO3/c1-5-8-7(4-13-9(8)12)6(3-11)2-10-5/h2,11H,3-4H2,1H3. The summed E-state index contributed by atoms with van der Waals surface area (Å²) in [6.07, 6.45) is 1.58. The van der Waals surface area contributed by atoms with Crippen molar-refractivity contribution >= 4 is 5.97 Å². The van der Waals surface area contributed by atoms with Crippen LogP contribution in [-0.2, 0) is 18.0 Å². The zero-order chi connectivity index (χ0) is 9.42. The van der Waals surface area contributed by atoms with Gasteiger partial charge in [-0.3, -0.25) is 4.98 Å². The summed E-state index contributed by atoms with van der Waals surface area (Å²) in [5.41, 5.74) is 2.63. The molecule has 68 valence electrons. The van der Waals surface area contributed by atoms with Gasteiger partial charge in [-0.2, -0.15) is 0 Å². The van der Waals surface area contributed by atoms with E-state index in [0.29, 0.717) is 16.8 Å². The van der Waals surface area contributed by atoms with Crippen LogP contribution < -0.4 is 0 Å². The zero-order valence-corrected chi connectivity index (χ0v) is 7.20. The van der Waals surface area contributed by atoms with Crippen LogP contribution in [-0.4, -0.2) is 16.1 Å². The number of aromatic nitrogens is 1. The molecule has 1 aliphatic heterocycles. The fraction of sp³-hybridized carbons (Fsp3) is 0.333. The van der Waals surface area contributed by atoms with E-state index in [1.165, 1.54) is 0 Å². The highest BCUT2D eigenvalue weighted by atomic mass is 16.5. The fourth-order valence-corrected chi connectivity index (χ4v) is 1.48. The van der Waals surface area contributed by atoms with Crippen molar-refractivity contribution in [1.82, 2.24) is 4.98 Å². The number of carbonyl (C=O) groups excluding carboxylic acids is 1. The Bertz CT molecular complexity index is 373. The van der Waals surface area contributed by atoms with Crippen LogP contribution in [0, 0.1) is 6.92 Å². The molecule has 2 rings (SSSR count). The largest absolute Gasteiger partial charge is 0.457 e. The van der Waals surface area contributed by atoms with Crippen LogP contribution in [0.3, 0.4) is 0 Å². The molecule has 0 amide bonds. The van der Waals surface area contributed by atoms with E-state index >= 15 is 0 Å². The number of pyridine rings is 1. The van der Waals surface area contributed by atoms with Gasteiger partial charge in [-0.1, -0.05) is 0 Å². The number of cyclic esters (lactones) is 1. The number of ether oxygens (including phenoxy) is 1. The lowest BCUT2D eigenvalue weighted by molar-refractivity contribution is 0.0533. The summed E-state index contributed by atoms with van der Waals surface area (Å²) in [6, 6.07) is 0. The Labute approximate surface area is 75.2 Å². The van der Waals surface area contributed by atoms with Gasteiger partial charge in [0.15, 0.2) is 0 Å². The molecule has 0 bridgehead atoms. The summed E-state index contributed by atoms with van der Waals surface area (Å²) in [5.74, 6) is -0.338. The summed E-state index contributed by atoms with van der Waals surface area (Å²) in [6.45, 7) is 1.91. The molecule has 0 spiro atoms. The van der Waals surface area contributed by atoms with Crippen molar-refractivity contribution in [3.05, 3.63) is 28.6 Å². The van der Waals surface area contributed by atoms with E-state index in [1.807, 2.05) is 0 Å². The number of nitrogens with zero attached hydrogens (tertiary/aromatic N) is 1. The van der Waals surface area contributed by atoms with E-state index < -0.39 is 0 Å². The molecule has 0 atom stereocenters. The first kappa shape index (κ1) is 8.19. The van der Waals surface area contributed by atoms with Gasteiger partial charge in [0.25, 0.3) is 0 Å². The molecule has 1 aliphatic rings. The van der Waals surface area contributed by atoms with E-state index in [9.17, 15) is 4.79 Å². The van der Waals surface area contributed by atoms with Crippen LogP contribution in [0.5, 0.6) is 0 Å². The average Bonchev–Trinajstić information content (AvgIpc) is 2.50. The second kappa shape index (κ2) is 2.81. The van der Waals surface area contributed by atoms with Gasteiger partial charge in [0.1, 0.15) is 6.61 Å². The van der Waals surface area contributed by atoms with Crippen LogP contribution in [0.25, 0.3) is 0 Å². The summed E-state index contributed by atoms with van der Waals surface area (Å²) in [7, 11) is 0. The quantitative estimate of drug-likeness (QED) is 0.639. The van der Waals surface area contributed by atoms with E-state index in [0.717, 1.165) is 5.56 Å². The molecule has 1 aromatic rings. The first-order valence-electron chi connectivity index (χ1n) is 3.99. The first-order valence-corrected chi connectivity index (χ1v) is 3.99. The van der Waals surface area contributed by atoms with Gasteiger partial charge in [-0.25, -0.2) is 4.79 Å². The van der Waals surface area contributed by atoms with Gasteiger partial charge in [0.2, 0.25) is 0 Å². The minimum Gasteiger partial charge on any atom is -0.457 e. The maximum atomic E-state index is 11.2. The minimum atomic E-state index is -0.338. The molecule has 4 nitrogen and oxygen atoms in total. The van der Waals surface area contributed by atoms with Gasteiger partial charge in [0.05, 0.1) is 17.9 Å². The van der Waals surface area contributed by atoms with Crippen molar-refractivity contribution in [3.63, 3.8) is 0 Å². The van der Waals surface area contributed by atoms with Crippen molar-refractivity contribution in [2.24, 2.45) is 0 Å². The number of aliphatic hydroxyl groups is 1. The maximum Gasteiger partial charge on any atom is 0.340 e. The third kappa shape index (κ3) is 1.10. The maximum absolute atomic E-state index is 11.2. The molecule has 13 heavy (non-hydrogen) atoms. The van der Waals surface area contributed by atoms with E-state index in [2.05, 4.69) is 4.98 Å². The molecule has 0 aromatic carbocycles. The molecule has 0 aliphatic carbocycles. The smallest absolute Gasteiger partial charge is 0.340 e. The zero-order valence-electron chi connectivity index (χ0n) is 7.20. The van der Waals surface area contributed by atoms with E-state index in [1.54, 1.807) is 13.1 Å². The van der Waals surface area contributed by atoms with Crippen LogP contribution in [0.1, 0.15) is 27.2 Å². The third-order valence-electron chi connectivity index (χ3n) is 2.19. The summed E-state index contributed by atoms with van der Waals surface area (Å²) >= 11 is 0. The van der Waals surface area contributed by atoms with Crippen LogP contribution in [0.15, 0.2) is 6.20 Å². The second-order valence-electron chi connectivity index (χ2n) is 2.96. The number of rotatable bonds is 1. The van der Waals surface area contributed by atoms with Gasteiger partial charge in [0, 0.05) is 17.3 Å². The Balaban J connectivity index is 2.65. The lowest BCUT2D eigenvalue weighted by atomic mass is 10.0. The molecule has 0 saturated heterocycles. The predicted molar refractivity (Wildman–Crippen MR) is 44.0 cm³/mol. The molecular formula is C9H9NO3. The molecule has 2 heterocycles. The predicted octanol–water partition coefficient (Wildman–Crippen LogP) is 0.553. The number of fused-ring (bicyclic) bond motifs is 1. The Morgan fingerprint density at radius 2 is 2.46 bits per heavy atom. The van der Waals surface area contributed by atoms with E-state index in [-0.39, 0.29) is 19.2 Å². The number of aliphatic hydroxyl groups excluding tert-OH is 1. The average molecular weight is 179 g/mol. The highest BCUT2D eigenvalue weighted by Crippen LogP contribution is 2.24. The molecule has 0 saturated carbocycles. The molecule has 0 unspecified atom stereocenters. The molecule has 1 aromatic heterocycles. The Hall–Kier alpha value is -1.42. The fourth-order valence-electron chi connectivity index (χ4n) is 1.48. The summed E-state index contributed by atoms with van der Waals surface area (Å²) in [5, 5.41) is 8.97. The molecule has 4 heteroatoms. The van der Waals surface area contributed by atoms with Gasteiger partial charge < -0.3 is 9.84 Å². The summed E-state index contributed by atoms with van der Waals surface area (Å²) < 4.78 is 4.86. The van der Waals surface area contributed by atoms with Crippen LogP contribution >= 0.6 is 0 Å². The van der Waals surface area contributed by atoms with Gasteiger partial charge in [-0.15, -0.1) is 0 Å². The molecule has 1 N–H and O–H groups in total. The Morgan fingerprint density at radius 3 is 3.15 bits per heavy atom. The molecular weight excluding hydrogens is 170 g/mol. The number of hydrogen-bond acceptors (Lipinski definition) is 4. The number of aryl methyl sites for hydroxylation is 1. The van der Waals surface area contributed by atoms with Crippen molar-refractivity contribution in [3.8, 4) is 0 Å². The highest BCUT2D eigenvalue weighted by Gasteiger charge is 2.26. The Kier molecular flexibility index (Phi) is 1.77. The lowest BCUT2D eigenvalue weighted by Gasteiger charge is -2.03. The van der Waals surface area contributed by atoms with Crippen molar-refractivity contribution in [2.45, 2.75) is 20.1 Å². The van der Waals surface area contributed by atoms with Crippen LogP contribution in [0.4, 0.5) is 0 Å². The second-order valence-corrected chi connectivity index (χ2v) is 2.96. The molecule has 0 fully saturated rings. The number of hydrogen-bond donors (Lipinski definition) is 1. The Morgan fingerprint density at radius 1 is 1.69 bits per heavy atom.